The van der Waals surface area contributed by atoms with Crippen LogP contribution in [0.5, 0.6) is 5.75 Å². The Morgan fingerprint density at radius 1 is 1.03 bits per heavy atom. The summed E-state index contributed by atoms with van der Waals surface area (Å²) in [7, 11) is -0.820. The second kappa shape index (κ2) is 10.5. The minimum Gasteiger partial charge on any atom is -0.497 e. The van der Waals surface area contributed by atoms with Crippen LogP contribution in [0.4, 0.5) is 0 Å². The molecule has 0 atom stereocenters. The molecule has 9 heteroatoms. The van der Waals surface area contributed by atoms with Crippen molar-refractivity contribution in [1.29, 1.82) is 0 Å². The van der Waals surface area contributed by atoms with Gasteiger partial charge in [-0.05, 0) is 80.1 Å². The molecule has 0 unspecified atom stereocenters. The van der Waals surface area contributed by atoms with Crippen molar-refractivity contribution in [2.45, 2.75) is 63.7 Å². The van der Waals surface area contributed by atoms with E-state index < -0.39 is 27.1 Å². The van der Waals surface area contributed by atoms with Crippen LogP contribution in [0.15, 0.2) is 42.0 Å². The van der Waals surface area contributed by atoms with Gasteiger partial charge >= 0.3 is 5.97 Å². The lowest BCUT2D eigenvalue weighted by Gasteiger charge is -2.24. The van der Waals surface area contributed by atoms with E-state index in [1.165, 1.54) is 32.9 Å². The first-order chi connectivity index (χ1) is 18.6. The molecule has 2 aliphatic rings. The summed E-state index contributed by atoms with van der Waals surface area (Å²) >= 11 is 0. The highest BCUT2D eigenvalue weighted by Crippen LogP contribution is 2.47. The van der Waals surface area contributed by atoms with Crippen LogP contribution in [0.25, 0.3) is 28.2 Å². The number of carbonyl (C=O) groups excluding carboxylic acids is 2. The summed E-state index contributed by atoms with van der Waals surface area (Å²) in [5.74, 6) is -0.103. The molecule has 1 N–H and O–H groups in total. The predicted octanol–water partition coefficient (Wildman–Crippen LogP) is 5.40. The quantitative estimate of drug-likeness (QED) is 0.412. The fourth-order valence-electron chi connectivity index (χ4n) is 5.74. The first-order valence-electron chi connectivity index (χ1n) is 13.3. The molecule has 1 saturated carbocycles. The van der Waals surface area contributed by atoms with Gasteiger partial charge in [0, 0.05) is 22.0 Å². The number of amides is 1. The molecule has 206 valence electrons. The standard InChI is InChI=1S/C30H34N2O6S/c1-18(2)39(35,36)31-29(33)20-10-12-25-26(16-20)32-17-22(30(34)38-4)14-21-15-23(37-3)11-13-24(21)28(32)27(25)19-8-6-5-7-9-19/h10-16,18-19H,5-9,17H2,1-4H3,(H,31,33). The molecule has 0 saturated heterocycles. The minimum absolute atomic E-state index is 0.241. The van der Waals surface area contributed by atoms with Gasteiger partial charge in [-0.15, -0.1) is 0 Å². The minimum atomic E-state index is -3.79. The Kier molecular flexibility index (Phi) is 7.29. The number of hydrogen-bond donors (Lipinski definition) is 1. The molecule has 39 heavy (non-hydrogen) atoms. The van der Waals surface area contributed by atoms with E-state index in [9.17, 15) is 18.0 Å². The highest BCUT2D eigenvalue weighted by atomic mass is 32.2. The van der Waals surface area contributed by atoms with Crippen molar-refractivity contribution in [3.63, 3.8) is 0 Å². The molecule has 2 heterocycles. The molecule has 3 aromatic rings. The van der Waals surface area contributed by atoms with Crippen molar-refractivity contribution in [2.24, 2.45) is 0 Å². The summed E-state index contributed by atoms with van der Waals surface area (Å²) in [4.78, 5) is 25.9. The van der Waals surface area contributed by atoms with Crippen molar-refractivity contribution in [1.82, 2.24) is 9.29 Å². The molecule has 5 rings (SSSR count). The predicted molar refractivity (Wildman–Crippen MR) is 151 cm³/mol. The molecule has 1 amide bonds. The van der Waals surface area contributed by atoms with Gasteiger partial charge < -0.3 is 14.0 Å². The fraction of sp³-hybridized carbons (Fsp3) is 0.400. The summed E-state index contributed by atoms with van der Waals surface area (Å²) in [6.07, 6.45) is 7.46. The summed E-state index contributed by atoms with van der Waals surface area (Å²) in [5, 5.41) is 0.266. The van der Waals surface area contributed by atoms with Crippen LogP contribution in [0.2, 0.25) is 0 Å². The SMILES string of the molecule is COC(=O)C1=Cc2cc(OC)ccc2-c2c(C3CCCCC3)c3ccc(C(=O)NS(=O)(=O)C(C)C)cc3n2C1. The average molecular weight is 551 g/mol. The smallest absolute Gasteiger partial charge is 0.335 e. The number of aromatic nitrogens is 1. The lowest BCUT2D eigenvalue weighted by molar-refractivity contribution is -0.136. The van der Waals surface area contributed by atoms with E-state index in [-0.39, 0.29) is 12.1 Å². The molecule has 0 spiro atoms. The summed E-state index contributed by atoms with van der Waals surface area (Å²) < 4.78 is 39.7. The van der Waals surface area contributed by atoms with Gasteiger partial charge in [0.15, 0.2) is 0 Å². The zero-order valence-electron chi connectivity index (χ0n) is 22.7. The number of nitrogens with zero attached hydrogens (tertiary/aromatic N) is 1. The number of esters is 1. The zero-order chi connectivity index (χ0) is 27.9. The molecule has 8 nitrogen and oxygen atoms in total. The summed E-state index contributed by atoms with van der Waals surface area (Å²) in [6, 6.07) is 11.2. The Morgan fingerprint density at radius 2 is 1.77 bits per heavy atom. The van der Waals surface area contributed by atoms with Gasteiger partial charge in [0.2, 0.25) is 10.0 Å². The van der Waals surface area contributed by atoms with Crippen LogP contribution in [0, 0.1) is 0 Å². The zero-order valence-corrected chi connectivity index (χ0v) is 23.6. The van der Waals surface area contributed by atoms with Crippen LogP contribution < -0.4 is 9.46 Å². The topological polar surface area (TPSA) is 104 Å². The van der Waals surface area contributed by atoms with Crippen LogP contribution in [0.3, 0.4) is 0 Å². The number of benzene rings is 2. The lowest BCUT2D eigenvalue weighted by Crippen LogP contribution is -2.35. The Morgan fingerprint density at radius 3 is 2.44 bits per heavy atom. The van der Waals surface area contributed by atoms with Crippen LogP contribution >= 0.6 is 0 Å². The van der Waals surface area contributed by atoms with Gasteiger partial charge in [0.25, 0.3) is 5.91 Å². The Balaban J connectivity index is 1.77. The lowest BCUT2D eigenvalue weighted by atomic mass is 9.81. The highest BCUT2D eigenvalue weighted by Gasteiger charge is 2.31. The number of nitrogens with one attached hydrogen (secondary N) is 1. The van der Waals surface area contributed by atoms with E-state index in [1.54, 1.807) is 19.2 Å². The molecule has 0 radical (unpaired) electrons. The maximum absolute atomic E-state index is 13.0. The molecule has 1 fully saturated rings. The van der Waals surface area contributed by atoms with Gasteiger partial charge in [-0.1, -0.05) is 25.3 Å². The second-order valence-electron chi connectivity index (χ2n) is 10.6. The monoisotopic (exact) mass is 550 g/mol. The molecule has 1 aliphatic carbocycles. The Hall–Kier alpha value is -3.59. The number of hydrogen-bond acceptors (Lipinski definition) is 6. The third-order valence-corrected chi connectivity index (χ3v) is 9.57. The van der Waals surface area contributed by atoms with Gasteiger partial charge in [0.1, 0.15) is 5.75 Å². The number of sulfonamides is 1. The van der Waals surface area contributed by atoms with Gasteiger partial charge in [-0.3, -0.25) is 4.79 Å². The van der Waals surface area contributed by atoms with Crippen molar-refractivity contribution in [2.75, 3.05) is 14.2 Å². The van der Waals surface area contributed by atoms with E-state index >= 15 is 0 Å². The van der Waals surface area contributed by atoms with E-state index in [0.29, 0.717) is 17.2 Å². The third kappa shape index (κ3) is 4.95. The average Bonchev–Trinajstić information content (AvgIpc) is 3.14. The number of ether oxygens (including phenoxy) is 2. The molecular formula is C30H34N2O6S. The first-order valence-corrected chi connectivity index (χ1v) is 14.9. The fourth-order valence-corrected chi connectivity index (χ4v) is 6.36. The Labute approximate surface area is 229 Å². The van der Waals surface area contributed by atoms with E-state index in [4.69, 9.17) is 9.47 Å². The molecule has 0 bridgehead atoms. The Bertz CT molecular complexity index is 1590. The van der Waals surface area contributed by atoms with Crippen molar-refractivity contribution in [3.05, 3.63) is 58.7 Å². The summed E-state index contributed by atoms with van der Waals surface area (Å²) in [6.45, 7) is 3.29. The number of methoxy groups -OCH3 is 2. The maximum Gasteiger partial charge on any atom is 0.335 e. The van der Waals surface area contributed by atoms with Crippen molar-refractivity contribution < 1.29 is 27.5 Å². The second-order valence-corrected chi connectivity index (χ2v) is 12.8. The highest BCUT2D eigenvalue weighted by molar-refractivity contribution is 7.90. The summed E-state index contributed by atoms with van der Waals surface area (Å²) in [5.41, 5.74) is 5.53. The molecule has 2 aromatic carbocycles. The van der Waals surface area contributed by atoms with Crippen LogP contribution in [0.1, 0.15) is 73.4 Å². The van der Waals surface area contributed by atoms with Crippen LogP contribution in [-0.4, -0.2) is 44.3 Å². The largest absolute Gasteiger partial charge is 0.497 e. The normalized spacial score (nSPS) is 15.8. The van der Waals surface area contributed by atoms with Crippen LogP contribution in [-0.2, 0) is 26.1 Å². The number of rotatable bonds is 6. The van der Waals surface area contributed by atoms with E-state index in [0.717, 1.165) is 53.4 Å². The van der Waals surface area contributed by atoms with E-state index in [1.807, 2.05) is 30.3 Å². The third-order valence-electron chi connectivity index (χ3n) is 7.85. The van der Waals surface area contributed by atoms with Gasteiger partial charge in [-0.25, -0.2) is 17.9 Å². The number of fused-ring (bicyclic) bond motifs is 5. The van der Waals surface area contributed by atoms with Gasteiger partial charge in [-0.2, -0.15) is 0 Å². The molecular weight excluding hydrogens is 516 g/mol. The molecule has 1 aliphatic heterocycles. The van der Waals surface area contributed by atoms with E-state index in [2.05, 4.69) is 9.29 Å². The van der Waals surface area contributed by atoms with Crippen molar-refractivity contribution in [3.8, 4) is 17.0 Å². The van der Waals surface area contributed by atoms with Gasteiger partial charge in [0.05, 0.1) is 37.3 Å². The molecule has 1 aromatic heterocycles. The maximum atomic E-state index is 13.0. The number of carbonyl (C=O) groups is 2. The first kappa shape index (κ1) is 27.0. The van der Waals surface area contributed by atoms with Crippen molar-refractivity contribution >= 4 is 38.9 Å².